The van der Waals surface area contributed by atoms with Crippen molar-refractivity contribution in [2.75, 3.05) is 11.4 Å². The van der Waals surface area contributed by atoms with Crippen molar-refractivity contribution in [2.24, 2.45) is 0 Å². The second kappa shape index (κ2) is 4.65. The zero-order valence-corrected chi connectivity index (χ0v) is 11.0. The third-order valence-electron chi connectivity index (χ3n) is 2.98. The maximum atomic E-state index is 12.1. The predicted octanol–water partition coefficient (Wildman–Crippen LogP) is 1.61. The number of anilines is 1. The summed E-state index contributed by atoms with van der Waals surface area (Å²) < 4.78 is 4.69. The van der Waals surface area contributed by atoms with Gasteiger partial charge in [0.1, 0.15) is 5.52 Å². The topological polar surface area (TPSA) is 76.3 Å². The van der Waals surface area contributed by atoms with Crippen molar-refractivity contribution in [2.45, 2.75) is 18.6 Å². The lowest BCUT2D eigenvalue weighted by atomic mass is 10.2. The zero-order valence-electron chi connectivity index (χ0n) is 10.2. The van der Waals surface area contributed by atoms with E-state index in [4.69, 9.17) is 4.63 Å². The summed E-state index contributed by atoms with van der Waals surface area (Å²) in [4.78, 5) is 24.8. The van der Waals surface area contributed by atoms with E-state index < -0.39 is 0 Å². The minimum absolute atomic E-state index is 0.000108. The molecule has 1 aromatic heterocycles. The Balaban J connectivity index is 1.92. The van der Waals surface area contributed by atoms with E-state index in [0.717, 1.165) is 0 Å². The van der Waals surface area contributed by atoms with Crippen LogP contribution in [0, 0.1) is 0 Å². The largest absolute Gasteiger partial charge is 0.309 e. The Kier molecular flexibility index (Phi) is 2.98. The number of hydrogen-bond acceptors (Lipinski definition) is 6. The van der Waals surface area contributed by atoms with Crippen LogP contribution in [0.25, 0.3) is 11.0 Å². The molecule has 0 N–H and O–H groups in total. The molecular formula is C12H11N3O3S. The summed E-state index contributed by atoms with van der Waals surface area (Å²) in [6.45, 7) is 2.02. The van der Waals surface area contributed by atoms with Gasteiger partial charge < -0.3 is 4.90 Å². The average Bonchev–Trinajstić information content (AvgIpc) is 2.94. The lowest BCUT2D eigenvalue weighted by Gasteiger charge is -2.16. The van der Waals surface area contributed by atoms with E-state index in [1.807, 2.05) is 6.07 Å². The van der Waals surface area contributed by atoms with Crippen molar-refractivity contribution in [3.63, 3.8) is 0 Å². The zero-order chi connectivity index (χ0) is 13.4. The molecule has 1 unspecified atom stereocenters. The molecule has 1 aliphatic heterocycles. The van der Waals surface area contributed by atoms with Gasteiger partial charge in [0.15, 0.2) is 10.6 Å². The van der Waals surface area contributed by atoms with Gasteiger partial charge in [0, 0.05) is 25.1 Å². The summed E-state index contributed by atoms with van der Waals surface area (Å²) in [5.74, 6) is -0.00532. The minimum atomic E-state index is -0.00532. The quantitative estimate of drug-likeness (QED) is 0.830. The fourth-order valence-electron chi connectivity index (χ4n) is 2.23. The number of benzene rings is 1. The second-order valence-electron chi connectivity index (χ2n) is 4.35. The van der Waals surface area contributed by atoms with Gasteiger partial charge >= 0.3 is 0 Å². The summed E-state index contributed by atoms with van der Waals surface area (Å²) >= 11 is 1.21. The monoisotopic (exact) mass is 277 g/mol. The maximum Gasteiger partial charge on any atom is 0.228 e. The van der Waals surface area contributed by atoms with Crippen LogP contribution >= 0.6 is 11.8 Å². The average molecular weight is 277 g/mol. The molecule has 2 heterocycles. The summed E-state index contributed by atoms with van der Waals surface area (Å²) in [5, 5.41) is 7.62. The van der Waals surface area contributed by atoms with Crippen molar-refractivity contribution in [3.05, 3.63) is 18.2 Å². The number of rotatable bonds is 2. The van der Waals surface area contributed by atoms with Gasteiger partial charge in [-0.1, -0.05) is 17.8 Å². The fraction of sp³-hybridized carbons (Fsp3) is 0.333. The van der Waals surface area contributed by atoms with Crippen molar-refractivity contribution < 1.29 is 14.2 Å². The summed E-state index contributed by atoms with van der Waals surface area (Å²) in [6.07, 6.45) is 0.367. The van der Waals surface area contributed by atoms with Crippen LogP contribution in [-0.4, -0.2) is 33.1 Å². The first kappa shape index (κ1) is 12.2. The van der Waals surface area contributed by atoms with Crippen molar-refractivity contribution >= 4 is 39.5 Å². The van der Waals surface area contributed by atoms with E-state index in [1.165, 1.54) is 18.7 Å². The molecule has 1 atom stereocenters. The lowest BCUT2D eigenvalue weighted by molar-refractivity contribution is -0.117. The molecule has 0 saturated carbocycles. The normalized spacial score (nSPS) is 19.3. The molecule has 6 nitrogen and oxygen atoms in total. The SMILES string of the molecule is CC(=O)SC1CC(=O)N(c2cccc3nonc23)C1. The Labute approximate surface area is 113 Å². The standard InChI is InChI=1S/C12H11N3O3S/c1-7(16)19-8-5-11(17)15(6-8)10-4-2-3-9-12(10)14-18-13-9/h2-4,8H,5-6H2,1H3. The van der Waals surface area contributed by atoms with Gasteiger partial charge in [-0.05, 0) is 22.4 Å². The Morgan fingerprint density at radius 1 is 1.47 bits per heavy atom. The summed E-state index contributed by atoms with van der Waals surface area (Å²) in [5.41, 5.74) is 1.88. The number of nitrogens with zero attached hydrogens (tertiary/aromatic N) is 3. The molecule has 0 radical (unpaired) electrons. The fourth-order valence-corrected chi connectivity index (χ4v) is 3.15. The summed E-state index contributed by atoms with van der Waals surface area (Å²) in [6, 6.07) is 5.39. The van der Waals surface area contributed by atoms with E-state index in [9.17, 15) is 9.59 Å². The van der Waals surface area contributed by atoms with Crippen LogP contribution in [0.2, 0.25) is 0 Å². The molecule has 7 heteroatoms. The molecule has 2 aromatic rings. The molecule has 0 spiro atoms. The van der Waals surface area contributed by atoms with Gasteiger partial charge in [0.2, 0.25) is 5.91 Å². The number of hydrogen-bond donors (Lipinski definition) is 0. The number of carbonyl (C=O) groups is 2. The third-order valence-corrected chi connectivity index (χ3v) is 3.96. The van der Waals surface area contributed by atoms with E-state index in [0.29, 0.717) is 29.7 Å². The Morgan fingerprint density at radius 2 is 2.32 bits per heavy atom. The van der Waals surface area contributed by atoms with Gasteiger partial charge in [0.05, 0.1) is 5.69 Å². The smallest absolute Gasteiger partial charge is 0.228 e. The van der Waals surface area contributed by atoms with Crippen molar-refractivity contribution in [1.29, 1.82) is 0 Å². The molecular weight excluding hydrogens is 266 g/mol. The van der Waals surface area contributed by atoms with Crippen LogP contribution in [0.1, 0.15) is 13.3 Å². The van der Waals surface area contributed by atoms with Gasteiger partial charge in [0.25, 0.3) is 0 Å². The number of carbonyl (C=O) groups excluding carboxylic acids is 2. The summed E-state index contributed by atoms with van der Waals surface area (Å²) in [7, 11) is 0. The van der Waals surface area contributed by atoms with Gasteiger partial charge in [-0.2, -0.15) is 0 Å². The predicted molar refractivity (Wildman–Crippen MR) is 70.8 cm³/mol. The maximum absolute atomic E-state index is 12.1. The third kappa shape index (κ3) is 2.21. The van der Waals surface area contributed by atoms with E-state index in [2.05, 4.69) is 10.3 Å². The number of fused-ring (bicyclic) bond motifs is 1. The molecule has 98 valence electrons. The molecule has 1 amide bonds. The molecule has 19 heavy (non-hydrogen) atoms. The Hall–Kier alpha value is -1.89. The second-order valence-corrected chi connectivity index (χ2v) is 5.83. The molecule has 3 rings (SSSR count). The van der Waals surface area contributed by atoms with Crippen LogP contribution in [0.4, 0.5) is 5.69 Å². The Morgan fingerprint density at radius 3 is 3.11 bits per heavy atom. The Bertz CT molecular complexity index is 654. The van der Waals surface area contributed by atoms with Crippen LogP contribution in [0.5, 0.6) is 0 Å². The number of amides is 1. The van der Waals surface area contributed by atoms with Crippen LogP contribution in [-0.2, 0) is 9.59 Å². The van der Waals surface area contributed by atoms with E-state index in [1.54, 1.807) is 17.0 Å². The molecule has 1 aromatic carbocycles. The molecule has 0 bridgehead atoms. The van der Waals surface area contributed by atoms with Gasteiger partial charge in [-0.15, -0.1) is 0 Å². The highest BCUT2D eigenvalue weighted by molar-refractivity contribution is 8.14. The first-order chi connectivity index (χ1) is 9.15. The van der Waals surface area contributed by atoms with Crippen LogP contribution in [0.3, 0.4) is 0 Å². The number of thioether (sulfide) groups is 1. The highest BCUT2D eigenvalue weighted by Gasteiger charge is 2.33. The first-order valence-corrected chi connectivity index (χ1v) is 6.72. The molecule has 1 fully saturated rings. The van der Waals surface area contributed by atoms with E-state index >= 15 is 0 Å². The van der Waals surface area contributed by atoms with Crippen molar-refractivity contribution in [1.82, 2.24) is 10.3 Å². The van der Waals surface area contributed by atoms with Gasteiger partial charge in [-0.25, -0.2) is 4.63 Å². The minimum Gasteiger partial charge on any atom is -0.309 e. The molecule has 1 saturated heterocycles. The van der Waals surface area contributed by atoms with Gasteiger partial charge in [-0.3, -0.25) is 9.59 Å². The van der Waals surface area contributed by atoms with Crippen LogP contribution < -0.4 is 4.90 Å². The highest BCUT2D eigenvalue weighted by Crippen LogP contribution is 2.31. The first-order valence-electron chi connectivity index (χ1n) is 5.84. The lowest BCUT2D eigenvalue weighted by Crippen LogP contribution is -2.25. The van der Waals surface area contributed by atoms with E-state index in [-0.39, 0.29) is 16.3 Å². The van der Waals surface area contributed by atoms with Crippen LogP contribution in [0.15, 0.2) is 22.8 Å². The van der Waals surface area contributed by atoms with Crippen molar-refractivity contribution in [3.8, 4) is 0 Å². The molecule has 0 aliphatic carbocycles. The number of aromatic nitrogens is 2. The highest BCUT2D eigenvalue weighted by atomic mass is 32.2. The molecule has 1 aliphatic rings.